The summed E-state index contributed by atoms with van der Waals surface area (Å²) in [5, 5.41) is 4.93. The van der Waals surface area contributed by atoms with Crippen molar-refractivity contribution in [1.29, 1.82) is 0 Å². The smallest absolute Gasteiger partial charge is 0.256 e. The van der Waals surface area contributed by atoms with Crippen LogP contribution in [0.15, 0.2) is 60.0 Å². The molecule has 27 heavy (non-hydrogen) atoms. The zero-order valence-electron chi connectivity index (χ0n) is 15.2. The molecule has 0 bridgehead atoms. The molecule has 1 aliphatic carbocycles. The molecule has 1 N–H and O–H groups in total. The van der Waals surface area contributed by atoms with E-state index in [-0.39, 0.29) is 11.7 Å². The average molecular weight is 375 g/mol. The molecule has 0 aliphatic heterocycles. The lowest BCUT2D eigenvalue weighted by Gasteiger charge is -2.19. The van der Waals surface area contributed by atoms with Gasteiger partial charge in [0, 0.05) is 21.4 Å². The van der Waals surface area contributed by atoms with Crippen molar-refractivity contribution in [3.8, 4) is 0 Å². The van der Waals surface area contributed by atoms with E-state index in [0.29, 0.717) is 22.7 Å². The van der Waals surface area contributed by atoms with Crippen molar-refractivity contribution >= 4 is 28.7 Å². The summed E-state index contributed by atoms with van der Waals surface area (Å²) >= 11 is 1.67. The van der Waals surface area contributed by atoms with E-state index < -0.39 is 0 Å². The van der Waals surface area contributed by atoms with Crippen molar-refractivity contribution in [1.82, 2.24) is 0 Å². The zero-order valence-corrected chi connectivity index (χ0v) is 16.0. The van der Waals surface area contributed by atoms with E-state index in [1.807, 2.05) is 35.7 Å². The summed E-state index contributed by atoms with van der Waals surface area (Å²) in [5.41, 5.74) is 3.61. The van der Waals surface area contributed by atoms with Crippen molar-refractivity contribution < 1.29 is 9.59 Å². The quantitative estimate of drug-likeness (QED) is 0.624. The van der Waals surface area contributed by atoms with E-state index >= 15 is 0 Å². The van der Waals surface area contributed by atoms with Crippen molar-refractivity contribution in [3.05, 3.63) is 87.1 Å². The van der Waals surface area contributed by atoms with Crippen LogP contribution in [0.1, 0.15) is 50.1 Å². The highest BCUT2D eigenvalue weighted by Crippen LogP contribution is 2.33. The van der Waals surface area contributed by atoms with E-state index in [9.17, 15) is 9.59 Å². The van der Waals surface area contributed by atoms with Gasteiger partial charge in [0.15, 0.2) is 5.78 Å². The van der Waals surface area contributed by atoms with Gasteiger partial charge in [0.25, 0.3) is 5.91 Å². The fraction of sp³-hybridized carbons (Fsp3) is 0.217. The predicted molar refractivity (Wildman–Crippen MR) is 110 cm³/mol. The normalized spacial score (nSPS) is 15.8. The number of para-hydroxylation sites is 1. The van der Waals surface area contributed by atoms with Crippen LogP contribution in [0.4, 0.5) is 5.69 Å². The maximum Gasteiger partial charge on any atom is 0.256 e. The Kier molecular flexibility index (Phi) is 4.90. The Morgan fingerprint density at radius 3 is 2.56 bits per heavy atom. The Balaban J connectivity index is 1.61. The van der Waals surface area contributed by atoms with E-state index in [2.05, 4.69) is 12.2 Å². The number of anilines is 1. The molecule has 136 valence electrons. The van der Waals surface area contributed by atoms with Gasteiger partial charge < -0.3 is 5.32 Å². The first-order chi connectivity index (χ1) is 13.1. The van der Waals surface area contributed by atoms with Gasteiger partial charge in [0.2, 0.25) is 0 Å². The van der Waals surface area contributed by atoms with Crippen molar-refractivity contribution in [2.75, 3.05) is 5.32 Å². The van der Waals surface area contributed by atoms with Gasteiger partial charge in [-0.1, -0.05) is 49.4 Å². The van der Waals surface area contributed by atoms with E-state index in [4.69, 9.17) is 0 Å². The second kappa shape index (κ2) is 7.49. The van der Waals surface area contributed by atoms with Crippen LogP contribution in [0.25, 0.3) is 0 Å². The fourth-order valence-corrected chi connectivity index (χ4v) is 4.84. The number of amides is 1. The average Bonchev–Trinajstić information content (AvgIpc) is 3.11. The number of ketones is 1. The number of benzene rings is 2. The van der Waals surface area contributed by atoms with Crippen LogP contribution < -0.4 is 5.32 Å². The molecule has 4 heteroatoms. The van der Waals surface area contributed by atoms with Gasteiger partial charge in [-0.05, 0) is 42.9 Å². The van der Waals surface area contributed by atoms with Crippen LogP contribution in [0.2, 0.25) is 0 Å². The first-order valence-corrected chi connectivity index (χ1v) is 10.1. The maximum atomic E-state index is 12.9. The fourth-order valence-electron chi connectivity index (χ4n) is 3.59. The predicted octanol–water partition coefficient (Wildman–Crippen LogP) is 5.36. The highest BCUT2D eigenvalue weighted by atomic mass is 32.1. The molecular formula is C23H21NO2S. The summed E-state index contributed by atoms with van der Waals surface area (Å²) < 4.78 is 0. The van der Waals surface area contributed by atoms with Gasteiger partial charge >= 0.3 is 0 Å². The van der Waals surface area contributed by atoms with Crippen LogP contribution in [0.5, 0.6) is 0 Å². The summed E-state index contributed by atoms with van der Waals surface area (Å²) in [4.78, 5) is 27.1. The largest absolute Gasteiger partial charge is 0.321 e. The second-order valence-electron chi connectivity index (χ2n) is 7.09. The molecule has 1 aromatic heterocycles. The highest BCUT2D eigenvalue weighted by molar-refractivity contribution is 7.10. The molecule has 4 rings (SSSR count). The molecule has 2 aromatic carbocycles. The first-order valence-electron chi connectivity index (χ1n) is 9.23. The number of thiophene rings is 1. The minimum atomic E-state index is -0.129. The molecule has 0 radical (unpaired) electrons. The molecule has 0 saturated heterocycles. The van der Waals surface area contributed by atoms with Gasteiger partial charge in [0.1, 0.15) is 0 Å². The number of hydrogen-bond donors (Lipinski definition) is 1. The zero-order chi connectivity index (χ0) is 18.8. The molecule has 0 spiro atoms. The molecular weight excluding hydrogens is 354 g/mol. The van der Waals surface area contributed by atoms with Gasteiger partial charge in [0.05, 0.1) is 11.3 Å². The van der Waals surface area contributed by atoms with Gasteiger partial charge in [-0.3, -0.25) is 9.59 Å². The minimum Gasteiger partial charge on any atom is -0.321 e. The monoisotopic (exact) mass is 375 g/mol. The molecule has 3 aromatic rings. The topological polar surface area (TPSA) is 46.2 Å². The summed E-state index contributed by atoms with van der Waals surface area (Å²) in [6, 6.07) is 16.3. The van der Waals surface area contributed by atoms with Crippen molar-refractivity contribution in [2.45, 2.75) is 26.2 Å². The summed E-state index contributed by atoms with van der Waals surface area (Å²) in [5.74, 6) is 0.458. The van der Waals surface area contributed by atoms with E-state index in [0.717, 1.165) is 24.8 Å². The van der Waals surface area contributed by atoms with E-state index in [1.165, 1.54) is 10.4 Å². The SMILES string of the molecule is CC1CCc2c(C(=O)Nc3ccccc3C(=O)c3ccccc3)csc2C1. The number of fused-ring (bicyclic) bond motifs is 1. The molecule has 0 fully saturated rings. The summed E-state index contributed by atoms with van der Waals surface area (Å²) in [6.45, 7) is 2.26. The van der Waals surface area contributed by atoms with Gasteiger partial charge in [-0.25, -0.2) is 0 Å². The van der Waals surface area contributed by atoms with Crippen LogP contribution >= 0.6 is 11.3 Å². The van der Waals surface area contributed by atoms with Crippen molar-refractivity contribution in [2.24, 2.45) is 5.92 Å². The lowest BCUT2D eigenvalue weighted by molar-refractivity contribution is 0.102. The highest BCUT2D eigenvalue weighted by Gasteiger charge is 2.24. The third-order valence-electron chi connectivity index (χ3n) is 5.10. The first kappa shape index (κ1) is 17.7. The summed E-state index contributed by atoms with van der Waals surface area (Å²) in [7, 11) is 0. The van der Waals surface area contributed by atoms with Crippen LogP contribution in [-0.4, -0.2) is 11.7 Å². The third-order valence-corrected chi connectivity index (χ3v) is 6.15. The molecule has 3 nitrogen and oxygen atoms in total. The van der Waals surface area contributed by atoms with Crippen LogP contribution in [0.3, 0.4) is 0 Å². The Morgan fingerprint density at radius 2 is 1.74 bits per heavy atom. The Labute approximate surface area is 163 Å². The van der Waals surface area contributed by atoms with Crippen LogP contribution in [-0.2, 0) is 12.8 Å². The van der Waals surface area contributed by atoms with Crippen LogP contribution in [0, 0.1) is 5.92 Å². The molecule has 1 amide bonds. The standard InChI is InChI=1S/C23H21NO2S/c1-15-11-12-17-19(14-27-21(17)13-15)23(26)24-20-10-6-5-9-18(20)22(25)16-7-3-2-4-8-16/h2-10,14-15H,11-13H2,1H3,(H,24,26). The Morgan fingerprint density at radius 1 is 1.00 bits per heavy atom. The molecule has 1 unspecified atom stereocenters. The van der Waals surface area contributed by atoms with Gasteiger partial charge in [-0.15, -0.1) is 11.3 Å². The minimum absolute atomic E-state index is 0.0901. The van der Waals surface area contributed by atoms with Gasteiger partial charge in [-0.2, -0.15) is 0 Å². The molecule has 1 atom stereocenters. The Hall–Kier alpha value is -2.72. The number of hydrogen-bond acceptors (Lipinski definition) is 3. The van der Waals surface area contributed by atoms with Crippen molar-refractivity contribution in [3.63, 3.8) is 0 Å². The number of nitrogens with one attached hydrogen (secondary N) is 1. The molecule has 1 heterocycles. The lowest BCUT2D eigenvalue weighted by atomic mass is 9.88. The summed E-state index contributed by atoms with van der Waals surface area (Å²) in [6.07, 6.45) is 3.12. The number of rotatable bonds is 4. The maximum absolute atomic E-state index is 12.9. The molecule has 1 aliphatic rings. The third kappa shape index (κ3) is 3.58. The number of carbonyl (C=O) groups is 2. The lowest BCUT2D eigenvalue weighted by Crippen LogP contribution is -2.18. The number of carbonyl (C=O) groups excluding carboxylic acids is 2. The molecule has 0 saturated carbocycles. The van der Waals surface area contributed by atoms with E-state index in [1.54, 1.807) is 35.6 Å². The Bertz CT molecular complexity index is 991. The second-order valence-corrected chi connectivity index (χ2v) is 8.06.